The van der Waals surface area contributed by atoms with Gasteiger partial charge in [-0.05, 0) is 43.7 Å². The lowest BCUT2D eigenvalue weighted by Crippen LogP contribution is -2.10. The van der Waals surface area contributed by atoms with Crippen molar-refractivity contribution in [2.75, 3.05) is 0 Å². The Kier molecular flexibility index (Phi) is 2.99. The van der Waals surface area contributed by atoms with E-state index in [1.165, 1.54) is 12.1 Å². The van der Waals surface area contributed by atoms with Gasteiger partial charge in [-0.15, -0.1) is 0 Å². The van der Waals surface area contributed by atoms with Crippen LogP contribution in [0.15, 0.2) is 36.7 Å². The minimum absolute atomic E-state index is 0.206. The van der Waals surface area contributed by atoms with E-state index in [0.29, 0.717) is 5.69 Å². The molecule has 4 nitrogen and oxygen atoms in total. The maximum atomic E-state index is 13.6. The number of aromatic nitrogens is 3. The first-order valence-electron chi connectivity index (χ1n) is 6.42. The van der Waals surface area contributed by atoms with Crippen LogP contribution in [-0.4, -0.2) is 14.6 Å². The maximum Gasteiger partial charge on any atom is 0.153 e. The average Bonchev–Trinajstić information content (AvgIpc) is 2.83. The molecule has 2 heterocycles. The number of fused-ring (bicyclic) bond motifs is 1. The Labute approximate surface area is 116 Å². The van der Waals surface area contributed by atoms with Crippen LogP contribution in [0.3, 0.4) is 0 Å². The lowest BCUT2D eigenvalue weighted by molar-refractivity contribution is 0.627. The molecule has 0 radical (unpaired) electrons. The monoisotopic (exact) mass is 270 g/mol. The van der Waals surface area contributed by atoms with Crippen molar-refractivity contribution in [2.45, 2.75) is 19.9 Å². The average molecular weight is 270 g/mol. The van der Waals surface area contributed by atoms with Crippen LogP contribution in [0.25, 0.3) is 16.9 Å². The number of imidazole rings is 1. The number of aryl methyl sites for hydroxylation is 1. The predicted molar refractivity (Wildman–Crippen MR) is 75.7 cm³/mol. The minimum atomic E-state index is -0.275. The fourth-order valence-electron chi connectivity index (χ4n) is 2.31. The first-order chi connectivity index (χ1) is 9.54. The zero-order chi connectivity index (χ0) is 14.3. The van der Waals surface area contributed by atoms with Gasteiger partial charge in [0.15, 0.2) is 5.65 Å². The number of hydrogen-bond acceptors (Lipinski definition) is 3. The molecule has 20 heavy (non-hydrogen) atoms. The molecule has 0 unspecified atom stereocenters. The Morgan fingerprint density at radius 2 is 2.05 bits per heavy atom. The molecule has 1 aromatic carbocycles. The van der Waals surface area contributed by atoms with Crippen molar-refractivity contribution in [3.63, 3.8) is 0 Å². The zero-order valence-electron chi connectivity index (χ0n) is 11.3. The third-order valence-electron chi connectivity index (χ3n) is 3.22. The van der Waals surface area contributed by atoms with Crippen LogP contribution in [0.5, 0.6) is 0 Å². The molecular formula is C15H15FN4. The van der Waals surface area contributed by atoms with E-state index in [-0.39, 0.29) is 11.9 Å². The molecular weight excluding hydrogens is 255 g/mol. The van der Waals surface area contributed by atoms with Crippen molar-refractivity contribution in [3.05, 3.63) is 53.6 Å². The molecule has 1 atom stereocenters. The van der Waals surface area contributed by atoms with Gasteiger partial charge in [-0.2, -0.15) is 5.10 Å². The number of rotatable bonds is 2. The Bertz CT molecular complexity index is 756. The maximum absolute atomic E-state index is 13.6. The van der Waals surface area contributed by atoms with Crippen LogP contribution in [0.4, 0.5) is 4.39 Å². The van der Waals surface area contributed by atoms with Crippen LogP contribution in [0.2, 0.25) is 0 Å². The van der Waals surface area contributed by atoms with Gasteiger partial charge in [0, 0.05) is 29.6 Å². The van der Waals surface area contributed by atoms with Gasteiger partial charge in [-0.3, -0.25) is 0 Å². The molecule has 0 bridgehead atoms. The van der Waals surface area contributed by atoms with Crippen molar-refractivity contribution in [1.29, 1.82) is 0 Å². The highest BCUT2D eigenvalue weighted by Crippen LogP contribution is 2.27. The Morgan fingerprint density at radius 3 is 2.75 bits per heavy atom. The highest BCUT2D eigenvalue weighted by molar-refractivity contribution is 5.66. The molecule has 0 amide bonds. The first-order valence-corrected chi connectivity index (χ1v) is 6.42. The predicted octanol–water partition coefficient (Wildman–Crippen LogP) is 2.86. The van der Waals surface area contributed by atoms with Crippen molar-refractivity contribution >= 4 is 5.65 Å². The highest BCUT2D eigenvalue weighted by Gasteiger charge is 2.14. The molecule has 3 rings (SSSR count). The Hall–Kier alpha value is -2.27. The number of benzene rings is 1. The van der Waals surface area contributed by atoms with E-state index in [1.54, 1.807) is 16.9 Å². The fourth-order valence-corrected chi connectivity index (χ4v) is 2.31. The lowest BCUT2D eigenvalue weighted by Gasteiger charge is -2.13. The van der Waals surface area contributed by atoms with Crippen LogP contribution < -0.4 is 5.73 Å². The molecule has 0 spiro atoms. The van der Waals surface area contributed by atoms with E-state index in [4.69, 9.17) is 5.73 Å². The smallest absolute Gasteiger partial charge is 0.153 e. The van der Waals surface area contributed by atoms with Gasteiger partial charge in [0.2, 0.25) is 0 Å². The second-order valence-electron chi connectivity index (χ2n) is 4.98. The SMILES string of the molecule is Cc1cc(F)cc(-c2nn3ccnc3cc2[C@H](C)N)c1. The van der Waals surface area contributed by atoms with Gasteiger partial charge >= 0.3 is 0 Å². The summed E-state index contributed by atoms with van der Waals surface area (Å²) in [4.78, 5) is 4.20. The summed E-state index contributed by atoms with van der Waals surface area (Å²) in [6.07, 6.45) is 3.43. The van der Waals surface area contributed by atoms with Crippen LogP contribution in [-0.2, 0) is 0 Å². The van der Waals surface area contributed by atoms with Crippen molar-refractivity contribution in [3.8, 4) is 11.3 Å². The summed E-state index contributed by atoms with van der Waals surface area (Å²) in [5, 5.41) is 4.52. The molecule has 0 aliphatic rings. The molecule has 0 saturated heterocycles. The lowest BCUT2D eigenvalue weighted by atomic mass is 10.0. The summed E-state index contributed by atoms with van der Waals surface area (Å²) in [5.41, 5.74) is 9.87. The quantitative estimate of drug-likeness (QED) is 0.779. The van der Waals surface area contributed by atoms with Crippen LogP contribution in [0.1, 0.15) is 24.1 Å². The fraction of sp³-hybridized carbons (Fsp3) is 0.200. The largest absolute Gasteiger partial charge is 0.324 e. The molecule has 2 N–H and O–H groups in total. The van der Waals surface area contributed by atoms with Crippen molar-refractivity contribution in [2.24, 2.45) is 5.73 Å². The topological polar surface area (TPSA) is 56.2 Å². The number of halogens is 1. The molecule has 0 aliphatic heterocycles. The summed E-state index contributed by atoms with van der Waals surface area (Å²) in [5.74, 6) is -0.275. The number of hydrogen-bond donors (Lipinski definition) is 1. The highest BCUT2D eigenvalue weighted by atomic mass is 19.1. The van der Waals surface area contributed by atoms with Crippen molar-refractivity contribution < 1.29 is 4.39 Å². The Morgan fingerprint density at radius 1 is 1.25 bits per heavy atom. The normalized spacial score (nSPS) is 12.8. The van der Waals surface area contributed by atoms with Gasteiger partial charge in [0.25, 0.3) is 0 Å². The van der Waals surface area contributed by atoms with E-state index in [1.807, 2.05) is 26.0 Å². The molecule has 3 aromatic rings. The van der Waals surface area contributed by atoms with Crippen LogP contribution >= 0.6 is 0 Å². The summed E-state index contributed by atoms with van der Waals surface area (Å²) in [6, 6.07) is 6.56. The van der Waals surface area contributed by atoms with Crippen molar-refractivity contribution in [1.82, 2.24) is 14.6 Å². The summed E-state index contributed by atoms with van der Waals surface area (Å²) in [6.45, 7) is 3.74. The second kappa shape index (κ2) is 4.68. The molecule has 2 aromatic heterocycles. The van der Waals surface area contributed by atoms with Gasteiger partial charge in [-0.1, -0.05) is 0 Å². The van der Waals surface area contributed by atoms with E-state index < -0.39 is 0 Å². The van der Waals surface area contributed by atoms with E-state index in [9.17, 15) is 4.39 Å². The Balaban J connectivity index is 2.29. The zero-order valence-corrected chi connectivity index (χ0v) is 11.3. The van der Waals surface area contributed by atoms with Gasteiger partial charge in [0.1, 0.15) is 5.82 Å². The van der Waals surface area contributed by atoms with Crippen LogP contribution in [0, 0.1) is 12.7 Å². The van der Waals surface area contributed by atoms with E-state index >= 15 is 0 Å². The molecule has 0 aliphatic carbocycles. The second-order valence-corrected chi connectivity index (χ2v) is 4.98. The summed E-state index contributed by atoms with van der Waals surface area (Å²) in [7, 11) is 0. The first kappa shape index (κ1) is 12.7. The molecule has 0 fully saturated rings. The summed E-state index contributed by atoms with van der Waals surface area (Å²) >= 11 is 0. The number of nitrogens with zero attached hydrogens (tertiary/aromatic N) is 3. The third-order valence-corrected chi connectivity index (χ3v) is 3.22. The molecule has 102 valence electrons. The van der Waals surface area contributed by atoms with Gasteiger partial charge in [-0.25, -0.2) is 13.9 Å². The number of nitrogens with two attached hydrogens (primary N) is 1. The third kappa shape index (κ3) is 2.16. The minimum Gasteiger partial charge on any atom is -0.324 e. The summed E-state index contributed by atoms with van der Waals surface area (Å²) < 4.78 is 15.3. The van der Waals surface area contributed by atoms with Gasteiger partial charge < -0.3 is 5.73 Å². The van der Waals surface area contributed by atoms with E-state index in [2.05, 4.69) is 10.1 Å². The molecule has 5 heteroatoms. The standard InChI is InChI=1S/C15H15FN4/c1-9-5-11(7-12(16)6-9)15-13(10(2)17)8-14-18-3-4-20(14)19-15/h3-8,10H,17H2,1-2H3/t10-/m0/s1. The van der Waals surface area contributed by atoms with E-state index in [0.717, 1.165) is 22.3 Å². The van der Waals surface area contributed by atoms with Gasteiger partial charge in [0.05, 0.1) is 5.69 Å². The molecule has 0 saturated carbocycles.